The summed E-state index contributed by atoms with van der Waals surface area (Å²) in [5.74, 6) is -0.867. The van der Waals surface area contributed by atoms with Crippen LogP contribution in [0, 0.1) is 0 Å². The predicted molar refractivity (Wildman–Crippen MR) is 112 cm³/mol. The largest absolute Gasteiger partial charge is 0.452 e. The van der Waals surface area contributed by atoms with E-state index in [1.165, 1.54) is 23.0 Å². The van der Waals surface area contributed by atoms with E-state index in [-0.39, 0.29) is 18.6 Å². The third-order valence-electron chi connectivity index (χ3n) is 4.13. The third kappa shape index (κ3) is 6.03. The highest BCUT2D eigenvalue weighted by molar-refractivity contribution is 7.19. The molecule has 0 bridgehead atoms. The van der Waals surface area contributed by atoms with Crippen molar-refractivity contribution < 1.29 is 14.3 Å². The molecule has 1 atom stereocenters. The number of carbonyl (C=O) groups is 2. The molecule has 0 aliphatic rings. The van der Waals surface area contributed by atoms with Gasteiger partial charge in [-0.15, -0.1) is 11.3 Å². The maximum absolute atomic E-state index is 11.9. The molecule has 5 nitrogen and oxygen atoms in total. The van der Waals surface area contributed by atoms with Gasteiger partial charge in [0.05, 0.1) is 10.2 Å². The first-order valence-electron chi connectivity index (χ1n) is 9.14. The van der Waals surface area contributed by atoms with Gasteiger partial charge in [0.2, 0.25) is 0 Å². The van der Waals surface area contributed by atoms with Gasteiger partial charge in [0.1, 0.15) is 5.01 Å². The molecule has 0 fully saturated rings. The number of esters is 1. The molecule has 3 rings (SSSR count). The molecule has 28 heavy (non-hydrogen) atoms. The van der Waals surface area contributed by atoms with Crippen molar-refractivity contribution in [2.24, 2.45) is 0 Å². The molecule has 0 unspecified atom stereocenters. The summed E-state index contributed by atoms with van der Waals surface area (Å²) in [4.78, 5) is 28.2. The van der Waals surface area contributed by atoms with Crippen LogP contribution in [0.1, 0.15) is 23.9 Å². The number of hydrogen-bond acceptors (Lipinski definition) is 5. The first-order valence-corrected chi connectivity index (χ1v) is 9.95. The fourth-order valence-electron chi connectivity index (χ4n) is 2.70. The zero-order chi connectivity index (χ0) is 19.8. The molecule has 0 radical (unpaired) electrons. The van der Waals surface area contributed by atoms with Crippen molar-refractivity contribution in [2.75, 3.05) is 6.61 Å². The van der Waals surface area contributed by atoms with Gasteiger partial charge in [-0.05, 0) is 43.5 Å². The lowest BCUT2D eigenvalue weighted by molar-refractivity contribution is -0.144. The molecule has 1 N–H and O–H groups in total. The van der Waals surface area contributed by atoms with Crippen LogP contribution in [0.25, 0.3) is 16.3 Å². The van der Waals surface area contributed by atoms with Crippen LogP contribution >= 0.6 is 11.3 Å². The van der Waals surface area contributed by atoms with E-state index in [1.807, 2.05) is 49.4 Å². The highest BCUT2D eigenvalue weighted by atomic mass is 32.1. The lowest BCUT2D eigenvalue weighted by Gasteiger charge is -2.13. The number of nitrogens with zero attached hydrogens (tertiary/aromatic N) is 1. The van der Waals surface area contributed by atoms with Crippen LogP contribution < -0.4 is 5.32 Å². The number of amides is 1. The molecule has 0 saturated heterocycles. The van der Waals surface area contributed by atoms with E-state index in [9.17, 15) is 9.59 Å². The molecule has 0 saturated carbocycles. The van der Waals surface area contributed by atoms with Crippen LogP contribution in [-0.4, -0.2) is 29.5 Å². The van der Waals surface area contributed by atoms with Crippen LogP contribution in [-0.2, 0) is 20.7 Å². The fraction of sp³-hybridized carbons (Fsp3) is 0.227. The number of rotatable bonds is 8. The second-order valence-electron chi connectivity index (χ2n) is 6.45. The van der Waals surface area contributed by atoms with Crippen molar-refractivity contribution in [3.63, 3.8) is 0 Å². The van der Waals surface area contributed by atoms with Crippen molar-refractivity contribution in [1.29, 1.82) is 0 Å². The smallest absolute Gasteiger partial charge is 0.331 e. The van der Waals surface area contributed by atoms with E-state index < -0.39 is 5.97 Å². The quantitative estimate of drug-likeness (QED) is 0.463. The van der Waals surface area contributed by atoms with Gasteiger partial charge in [0, 0.05) is 12.1 Å². The Hall–Kier alpha value is -2.99. The number of para-hydroxylation sites is 1. The molecule has 2 aromatic carbocycles. The number of nitrogens with one attached hydrogen (secondary N) is 1. The Balaban J connectivity index is 1.39. The van der Waals surface area contributed by atoms with Crippen molar-refractivity contribution in [2.45, 2.75) is 25.8 Å². The minimum absolute atomic E-state index is 0.00435. The Morgan fingerprint density at radius 2 is 1.89 bits per heavy atom. The van der Waals surface area contributed by atoms with Crippen molar-refractivity contribution in [3.05, 3.63) is 71.2 Å². The summed E-state index contributed by atoms with van der Waals surface area (Å²) in [6.45, 7) is 1.65. The minimum atomic E-state index is -0.564. The van der Waals surface area contributed by atoms with Gasteiger partial charge in [0.25, 0.3) is 5.91 Å². The predicted octanol–water partition coefficient (Wildman–Crippen LogP) is 3.99. The zero-order valence-corrected chi connectivity index (χ0v) is 16.4. The summed E-state index contributed by atoms with van der Waals surface area (Å²) >= 11 is 1.49. The number of fused-ring (bicyclic) bond motifs is 1. The first-order chi connectivity index (χ1) is 13.6. The summed E-state index contributed by atoms with van der Waals surface area (Å²) in [7, 11) is 0. The molecule has 0 spiro atoms. The topological polar surface area (TPSA) is 68.3 Å². The molecule has 1 amide bonds. The Morgan fingerprint density at radius 3 is 2.68 bits per heavy atom. The minimum Gasteiger partial charge on any atom is -0.452 e. The standard InChI is InChI=1S/C22H22N2O3S/c1-16(11-12-17-7-3-2-4-8-17)23-20(25)15-27-22(26)14-13-21-24-18-9-5-6-10-19(18)28-21/h2-10,13-14,16H,11-12,15H2,1H3,(H,23,25)/b14-13+/t16-/m0/s1. The summed E-state index contributed by atoms with van der Waals surface area (Å²) in [5, 5.41) is 3.57. The first kappa shape index (κ1) is 19.8. The van der Waals surface area contributed by atoms with E-state index in [4.69, 9.17) is 4.74 Å². The van der Waals surface area contributed by atoms with Gasteiger partial charge in [0.15, 0.2) is 6.61 Å². The van der Waals surface area contributed by atoms with Crippen molar-refractivity contribution in [3.8, 4) is 0 Å². The lowest BCUT2D eigenvalue weighted by Crippen LogP contribution is -2.36. The van der Waals surface area contributed by atoms with Crippen molar-refractivity contribution >= 4 is 39.5 Å². The van der Waals surface area contributed by atoms with Gasteiger partial charge in [-0.2, -0.15) is 0 Å². The van der Waals surface area contributed by atoms with Gasteiger partial charge < -0.3 is 10.1 Å². The van der Waals surface area contributed by atoms with E-state index in [0.717, 1.165) is 28.1 Å². The molecule has 3 aromatic rings. The maximum atomic E-state index is 11.9. The summed E-state index contributed by atoms with van der Waals surface area (Å²) in [6, 6.07) is 17.9. The summed E-state index contributed by atoms with van der Waals surface area (Å²) in [5.41, 5.74) is 2.12. The number of thiazole rings is 1. The monoisotopic (exact) mass is 394 g/mol. The Kier molecular flexibility index (Phi) is 6.92. The second-order valence-corrected chi connectivity index (χ2v) is 7.52. The van der Waals surface area contributed by atoms with Gasteiger partial charge >= 0.3 is 5.97 Å². The lowest BCUT2D eigenvalue weighted by atomic mass is 10.1. The second kappa shape index (κ2) is 9.80. The van der Waals surface area contributed by atoms with Crippen LogP contribution in [0.4, 0.5) is 0 Å². The number of carbonyl (C=O) groups excluding carboxylic acids is 2. The molecular formula is C22H22N2O3S. The summed E-state index contributed by atoms with van der Waals surface area (Å²) < 4.78 is 6.06. The maximum Gasteiger partial charge on any atom is 0.331 e. The number of aromatic nitrogens is 1. The van der Waals surface area contributed by atoms with Gasteiger partial charge in [-0.3, -0.25) is 4.79 Å². The average molecular weight is 394 g/mol. The normalized spacial score (nSPS) is 12.2. The molecule has 1 aromatic heterocycles. The molecule has 6 heteroatoms. The van der Waals surface area contributed by atoms with Crippen LogP contribution in [0.15, 0.2) is 60.7 Å². The Labute approximate surface area is 168 Å². The van der Waals surface area contributed by atoms with E-state index in [0.29, 0.717) is 0 Å². The van der Waals surface area contributed by atoms with Crippen LogP contribution in [0.2, 0.25) is 0 Å². The zero-order valence-electron chi connectivity index (χ0n) is 15.6. The number of hydrogen-bond donors (Lipinski definition) is 1. The van der Waals surface area contributed by atoms with Gasteiger partial charge in [-0.1, -0.05) is 42.5 Å². The average Bonchev–Trinajstić information content (AvgIpc) is 3.13. The SMILES string of the molecule is C[C@@H](CCc1ccccc1)NC(=O)COC(=O)/C=C/c1nc2ccccc2s1. The highest BCUT2D eigenvalue weighted by Crippen LogP contribution is 2.22. The van der Waals surface area contributed by atoms with E-state index in [1.54, 1.807) is 6.08 Å². The third-order valence-corrected chi connectivity index (χ3v) is 5.14. The molecule has 0 aliphatic carbocycles. The molecular weight excluding hydrogens is 372 g/mol. The fourth-order valence-corrected chi connectivity index (χ4v) is 3.57. The number of aryl methyl sites for hydroxylation is 1. The number of benzene rings is 2. The molecule has 144 valence electrons. The molecule has 1 heterocycles. The van der Waals surface area contributed by atoms with Crippen LogP contribution in [0.5, 0.6) is 0 Å². The van der Waals surface area contributed by atoms with E-state index >= 15 is 0 Å². The van der Waals surface area contributed by atoms with Crippen LogP contribution in [0.3, 0.4) is 0 Å². The summed E-state index contributed by atoms with van der Waals surface area (Å²) in [6.07, 6.45) is 4.60. The van der Waals surface area contributed by atoms with E-state index in [2.05, 4.69) is 22.4 Å². The number of ether oxygens (including phenoxy) is 1. The Bertz CT molecular complexity index is 933. The highest BCUT2D eigenvalue weighted by Gasteiger charge is 2.10. The Morgan fingerprint density at radius 1 is 1.14 bits per heavy atom. The van der Waals surface area contributed by atoms with Crippen molar-refractivity contribution in [1.82, 2.24) is 10.3 Å². The van der Waals surface area contributed by atoms with Gasteiger partial charge in [-0.25, -0.2) is 9.78 Å². The molecule has 0 aliphatic heterocycles.